The molecule has 174 valence electrons. The van der Waals surface area contributed by atoms with Crippen molar-refractivity contribution in [2.45, 2.75) is 50.5 Å². The Morgan fingerprint density at radius 1 is 0.606 bits per heavy atom. The van der Waals surface area contributed by atoms with Crippen molar-refractivity contribution < 1.29 is 29.2 Å². The van der Waals surface area contributed by atoms with Crippen LogP contribution in [-0.2, 0) is 38.8 Å². The summed E-state index contributed by atoms with van der Waals surface area (Å²) in [7, 11) is 0. The molecule has 1 aliphatic heterocycles. The molecule has 0 amide bonds. The fourth-order valence-electron chi connectivity index (χ4n) is 3.83. The van der Waals surface area contributed by atoms with Crippen molar-refractivity contribution in [2.75, 3.05) is 6.61 Å². The van der Waals surface area contributed by atoms with Crippen LogP contribution in [0.5, 0.6) is 0 Å². The first-order chi connectivity index (χ1) is 16.2. The molecule has 6 nitrogen and oxygen atoms in total. The maximum atomic E-state index is 10.9. The lowest BCUT2D eigenvalue weighted by atomic mass is 9.98. The highest BCUT2D eigenvalue weighted by Crippen LogP contribution is 2.29. The van der Waals surface area contributed by atoms with E-state index in [1.54, 1.807) is 0 Å². The molecule has 1 fully saturated rings. The molecule has 1 saturated heterocycles. The molecule has 0 aliphatic carbocycles. The molecule has 4 rings (SSSR count). The molecular weight excluding hydrogens is 420 g/mol. The van der Waals surface area contributed by atoms with E-state index in [1.165, 1.54) is 0 Å². The normalized spacial score (nSPS) is 25.1. The molecule has 0 saturated carbocycles. The van der Waals surface area contributed by atoms with Gasteiger partial charge in [-0.15, -0.1) is 0 Å². The van der Waals surface area contributed by atoms with E-state index >= 15 is 0 Å². The van der Waals surface area contributed by atoms with Crippen LogP contribution in [-0.4, -0.2) is 47.5 Å². The van der Waals surface area contributed by atoms with E-state index in [0.29, 0.717) is 13.2 Å². The van der Waals surface area contributed by atoms with Crippen LogP contribution in [0.15, 0.2) is 91.0 Å². The molecule has 3 aromatic rings. The molecule has 2 N–H and O–H groups in total. The second kappa shape index (κ2) is 12.0. The number of benzene rings is 3. The first-order valence-corrected chi connectivity index (χ1v) is 11.2. The van der Waals surface area contributed by atoms with Crippen molar-refractivity contribution >= 4 is 0 Å². The summed E-state index contributed by atoms with van der Waals surface area (Å²) in [5.41, 5.74) is 2.94. The Labute approximate surface area is 194 Å². The minimum Gasteiger partial charge on any atom is -0.394 e. The van der Waals surface area contributed by atoms with Crippen LogP contribution in [0.2, 0.25) is 0 Å². The number of rotatable bonds is 10. The van der Waals surface area contributed by atoms with Crippen molar-refractivity contribution in [1.29, 1.82) is 0 Å². The van der Waals surface area contributed by atoms with Gasteiger partial charge in [0.1, 0.15) is 24.4 Å². The van der Waals surface area contributed by atoms with Gasteiger partial charge < -0.3 is 29.2 Å². The van der Waals surface area contributed by atoms with Crippen LogP contribution in [0, 0.1) is 0 Å². The zero-order valence-electron chi connectivity index (χ0n) is 18.4. The second-order valence-corrected chi connectivity index (χ2v) is 8.04. The van der Waals surface area contributed by atoms with E-state index in [9.17, 15) is 10.2 Å². The first-order valence-electron chi connectivity index (χ1n) is 11.2. The second-order valence-electron chi connectivity index (χ2n) is 8.04. The van der Waals surface area contributed by atoms with Crippen molar-refractivity contribution in [3.05, 3.63) is 108 Å². The Bertz CT molecular complexity index is 937. The minimum atomic E-state index is -1.07. The fourth-order valence-corrected chi connectivity index (χ4v) is 3.83. The summed E-state index contributed by atoms with van der Waals surface area (Å²) in [4.78, 5) is 0. The molecule has 3 aromatic carbocycles. The zero-order chi connectivity index (χ0) is 22.9. The fraction of sp³-hybridized carbons (Fsp3) is 0.333. The topological polar surface area (TPSA) is 77.4 Å². The number of aliphatic hydroxyl groups excluding tert-OH is 2. The summed E-state index contributed by atoms with van der Waals surface area (Å²) in [5.74, 6) is 0. The molecule has 33 heavy (non-hydrogen) atoms. The summed E-state index contributed by atoms with van der Waals surface area (Å²) >= 11 is 0. The van der Waals surface area contributed by atoms with Crippen molar-refractivity contribution in [3.63, 3.8) is 0 Å². The molecule has 1 heterocycles. The van der Waals surface area contributed by atoms with Crippen LogP contribution in [0.3, 0.4) is 0 Å². The summed E-state index contributed by atoms with van der Waals surface area (Å²) in [5, 5.41) is 20.8. The van der Waals surface area contributed by atoms with Crippen LogP contribution < -0.4 is 0 Å². The summed E-state index contributed by atoms with van der Waals surface area (Å²) in [6, 6.07) is 29.2. The highest BCUT2D eigenvalue weighted by atomic mass is 16.7. The predicted octanol–water partition coefficient (Wildman–Crippen LogP) is 3.45. The Morgan fingerprint density at radius 3 is 1.48 bits per heavy atom. The average molecular weight is 451 g/mol. The van der Waals surface area contributed by atoms with Crippen LogP contribution in [0.25, 0.3) is 0 Å². The monoisotopic (exact) mass is 450 g/mol. The number of hydrogen-bond donors (Lipinski definition) is 2. The van der Waals surface area contributed by atoms with Gasteiger partial charge in [0.15, 0.2) is 6.29 Å². The van der Waals surface area contributed by atoms with Crippen molar-refractivity contribution in [1.82, 2.24) is 0 Å². The lowest BCUT2D eigenvalue weighted by Crippen LogP contribution is -2.60. The molecule has 0 aromatic heterocycles. The van der Waals surface area contributed by atoms with E-state index in [4.69, 9.17) is 18.9 Å². The van der Waals surface area contributed by atoms with Crippen molar-refractivity contribution in [3.8, 4) is 0 Å². The van der Waals surface area contributed by atoms with E-state index in [1.807, 2.05) is 91.0 Å². The average Bonchev–Trinajstić information content (AvgIpc) is 2.88. The van der Waals surface area contributed by atoms with Gasteiger partial charge in [0.05, 0.1) is 26.4 Å². The Kier molecular flexibility index (Phi) is 8.60. The van der Waals surface area contributed by atoms with E-state index < -0.39 is 30.7 Å². The quantitative estimate of drug-likeness (QED) is 0.493. The number of ether oxygens (including phenoxy) is 4. The largest absolute Gasteiger partial charge is 0.394 e. The summed E-state index contributed by atoms with van der Waals surface area (Å²) < 4.78 is 24.4. The van der Waals surface area contributed by atoms with Crippen LogP contribution >= 0.6 is 0 Å². The smallest absolute Gasteiger partial charge is 0.187 e. The maximum absolute atomic E-state index is 10.9. The highest BCUT2D eigenvalue weighted by Gasteiger charge is 2.47. The first kappa shape index (κ1) is 23.6. The van der Waals surface area contributed by atoms with Gasteiger partial charge in [0.2, 0.25) is 0 Å². The molecule has 0 spiro atoms. The molecule has 1 aliphatic rings. The minimum absolute atomic E-state index is 0.289. The summed E-state index contributed by atoms with van der Waals surface area (Å²) in [6.45, 7) is 0.540. The lowest BCUT2D eigenvalue weighted by molar-refractivity contribution is -0.322. The zero-order valence-corrected chi connectivity index (χ0v) is 18.4. The van der Waals surface area contributed by atoms with E-state index in [2.05, 4.69) is 0 Å². The predicted molar refractivity (Wildman–Crippen MR) is 123 cm³/mol. The Balaban J connectivity index is 1.52. The van der Waals surface area contributed by atoms with Gasteiger partial charge in [-0.2, -0.15) is 0 Å². The molecule has 5 atom stereocenters. The van der Waals surface area contributed by atoms with Gasteiger partial charge in [-0.05, 0) is 16.7 Å². The molecule has 2 unspecified atom stereocenters. The third kappa shape index (κ3) is 6.48. The molecule has 6 heteroatoms. The van der Waals surface area contributed by atoms with Gasteiger partial charge in [0.25, 0.3) is 0 Å². The maximum Gasteiger partial charge on any atom is 0.187 e. The Hall–Kier alpha value is -2.58. The molecule has 0 bridgehead atoms. The standard InChI is InChI=1S/C27H30O6/c28-16-23-24(29)25(30-17-20-10-4-1-5-11-20)26(31-18-21-12-6-2-7-13-21)27(33-23)32-19-22-14-8-3-9-15-22/h1-15,23-29H,16-19H2/t23?,24-,25-,26?,27+/m1/s1. The third-order valence-corrected chi connectivity index (χ3v) is 5.63. The highest BCUT2D eigenvalue weighted by molar-refractivity contribution is 5.15. The Morgan fingerprint density at radius 2 is 1.03 bits per heavy atom. The van der Waals surface area contributed by atoms with Gasteiger partial charge in [0, 0.05) is 0 Å². The number of hydrogen-bond acceptors (Lipinski definition) is 6. The van der Waals surface area contributed by atoms with Crippen LogP contribution in [0.4, 0.5) is 0 Å². The molecule has 0 radical (unpaired) electrons. The van der Waals surface area contributed by atoms with E-state index in [0.717, 1.165) is 16.7 Å². The van der Waals surface area contributed by atoms with Gasteiger partial charge in [-0.1, -0.05) is 91.0 Å². The van der Waals surface area contributed by atoms with Crippen molar-refractivity contribution in [2.24, 2.45) is 0 Å². The van der Waals surface area contributed by atoms with E-state index in [-0.39, 0.29) is 13.2 Å². The van der Waals surface area contributed by atoms with Gasteiger partial charge >= 0.3 is 0 Å². The lowest BCUT2D eigenvalue weighted by Gasteiger charge is -2.43. The number of aliphatic hydroxyl groups is 2. The third-order valence-electron chi connectivity index (χ3n) is 5.63. The van der Waals surface area contributed by atoms with Gasteiger partial charge in [-0.25, -0.2) is 0 Å². The van der Waals surface area contributed by atoms with Crippen LogP contribution in [0.1, 0.15) is 16.7 Å². The SMILES string of the molecule is OCC1O[C@H](OCc2ccccc2)C(OCc2ccccc2)[C@H](OCc2ccccc2)[C@@H]1O. The summed E-state index contributed by atoms with van der Waals surface area (Å²) in [6.07, 6.45) is -4.19. The van der Waals surface area contributed by atoms with Gasteiger partial charge in [-0.3, -0.25) is 0 Å². The molecular formula is C27H30O6.